The molecule has 1 aliphatic rings. The fraction of sp³-hybridized carbons (Fsp3) is 0.636. The van der Waals surface area contributed by atoms with E-state index in [4.69, 9.17) is 4.74 Å². The molecule has 0 spiro atoms. The average molecular weight is 454 g/mol. The molecule has 1 atom stereocenters. The summed E-state index contributed by atoms with van der Waals surface area (Å²) in [4.78, 5) is 25.4. The monoisotopic (exact) mass is 453 g/mol. The minimum Gasteiger partial charge on any atom is -0.383 e. The number of hydrogen-bond acceptors (Lipinski definition) is 5. The minimum absolute atomic E-state index is 0.136. The smallest absolute Gasteiger partial charge is 0.243 e. The van der Waals surface area contributed by atoms with Crippen LogP contribution in [0.25, 0.3) is 0 Å². The molecule has 1 fully saturated rings. The summed E-state index contributed by atoms with van der Waals surface area (Å²) in [7, 11) is -2.02. The van der Waals surface area contributed by atoms with E-state index in [-0.39, 0.29) is 28.5 Å². The maximum Gasteiger partial charge on any atom is 0.243 e. The number of benzene rings is 1. The number of carbonyl (C=O) groups is 2. The van der Waals surface area contributed by atoms with Gasteiger partial charge in [0.2, 0.25) is 21.8 Å². The van der Waals surface area contributed by atoms with Crippen molar-refractivity contribution in [3.05, 3.63) is 29.8 Å². The molecule has 8 nitrogen and oxygen atoms in total. The van der Waals surface area contributed by atoms with Crippen molar-refractivity contribution in [3.63, 3.8) is 0 Å². The first-order valence-electron chi connectivity index (χ1n) is 10.8. The molecule has 1 saturated heterocycles. The molecule has 31 heavy (non-hydrogen) atoms. The third-order valence-corrected chi connectivity index (χ3v) is 7.34. The molecule has 0 aromatic heterocycles. The number of ether oxygens (including phenoxy) is 1. The topological polar surface area (TPSA) is 105 Å². The van der Waals surface area contributed by atoms with Crippen molar-refractivity contribution in [1.29, 1.82) is 0 Å². The van der Waals surface area contributed by atoms with Crippen LogP contribution >= 0.6 is 0 Å². The Morgan fingerprint density at radius 2 is 1.77 bits per heavy atom. The second-order valence-corrected chi connectivity index (χ2v) is 10.4. The number of nitrogens with zero attached hydrogens (tertiary/aromatic N) is 1. The second-order valence-electron chi connectivity index (χ2n) is 8.48. The summed E-state index contributed by atoms with van der Waals surface area (Å²) in [6, 6.07) is 6.12. The average Bonchev–Trinajstić information content (AvgIpc) is 2.72. The lowest BCUT2D eigenvalue weighted by molar-refractivity contribution is -0.131. The molecular weight excluding hydrogens is 418 g/mol. The summed E-state index contributed by atoms with van der Waals surface area (Å²) in [6.45, 7) is 7.15. The van der Waals surface area contributed by atoms with Gasteiger partial charge in [0.25, 0.3) is 0 Å². The summed E-state index contributed by atoms with van der Waals surface area (Å²) in [5, 5.41) is 5.68. The van der Waals surface area contributed by atoms with E-state index < -0.39 is 16.1 Å². The maximum absolute atomic E-state index is 12.9. The predicted octanol–water partition coefficient (Wildman–Crippen LogP) is 1.69. The van der Waals surface area contributed by atoms with Crippen LogP contribution < -0.4 is 10.6 Å². The molecule has 0 bridgehead atoms. The highest BCUT2D eigenvalue weighted by molar-refractivity contribution is 7.89. The number of aryl methyl sites for hydroxylation is 1. The standard InChI is InChI=1S/C22H35N3O5S/c1-16(2)15-20(26)24-21(22(27)23-11-14-30-4)18-9-12-25(13-10-18)31(28,29)19-7-5-17(3)6-8-19/h5-8,16,18,21H,9-15H2,1-4H3,(H,23,27)(H,24,26). The number of rotatable bonds is 10. The van der Waals surface area contributed by atoms with Gasteiger partial charge in [-0.2, -0.15) is 4.31 Å². The molecule has 1 unspecified atom stereocenters. The molecule has 1 aromatic rings. The third-order valence-electron chi connectivity index (χ3n) is 5.43. The molecule has 1 aliphatic heterocycles. The molecule has 9 heteroatoms. The van der Waals surface area contributed by atoms with Crippen molar-refractivity contribution in [2.75, 3.05) is 33.4 Å². The summed E-state index contributed by atoms with van der Waals surface area (Å²) < 4.78 is 32.3. The van der Waals surface area contributed by atoms with E-state index in [9.17, 15) is 18.0 Å². The van der Waals surface area contributed by atoms with Gasteiger partial charge in [-0.15, -0.1) is 0 Å². The second kappa shape index (κ2) is 11.6. The van der Waals surface area contributed by atoms with Gasteiger partial charge in [-0.25, -0.2) is 8.42 Å². The Morgan fingerprint density at radius 3 is 2.32 bits per heavy atom. The molecule has 0 aliphatic carbocycles. The van der Waals surface area contributed by atoms with Crippen LogP contribution in [0.4, 0.5) is 0 Å². The van der Waals surface area contributed by atoms with E-state index in [2.05, 4.69) is 10.6 Å². The van der Waals surface area contributed by atoms with Gasteiger partial charge >= 0.3 is 0 Å². The highest BCUT2D eigenvalue weighted by Crippen LogP contribution is 2.26. The molecule has 2 amide bonds. The van der Waals surface area contributed by atoms with Crippen LogP contribution in [0.3, 0.4) is 0 Å². The Morgan fingerprint density at radius 1 is 1.16 bits per heavy atom. The minimum atomic E-state index is -3.58. The van der Waals surface area contributed by atoms with E-state index in [0.29, 0.717) is 45.5 Å². The van der Waals surface area contributed by atoms with Gasteiger partial charge in [0.15, 0.2) is 0 Å². The van der Waals surface area contributed by atoms with Gasteiger partial charge in [0.1, 0.15) is 6.04 Å². The van der Waals surface area contributed by atoms with Gasteiger partial charge in [-0.3, -0.25) is 9.59 Å². The molecule has 174 valence electrons. The van der Waals surface area contributed by atoms with Gasteiger partial charge < -0.3 is 15.4 Å². The van der Waals surface area contributed by atoms with E-state index in [1.807, 2.05) is 20.8 Å². The van der Waals surface area contributed by atoms with Gasteiger partial charge in [0, 0.05) is 33.2 Å². The van der Waals surface area contributed by atoms with E-state index in [1.165, 1.54) is 4.31 Å². The molecule has 1 aromatic carbocycles. The first kappa shape index (κ1) is 25.3. The number of nitrogens with one attached hydrogen (secondary N) is 2. The Kier molecular flexibility index (Phi) is 9.46. The molecule has 2 rings (SSSR count). The lowest BCUT2D eigenvalue weighted by atomic mass is 9.89. The largest absolute Gasteiger partial charge is 0.383 e. The third kappa shape index (κ3) is 7.29. The summed E-state index contributed by atoms with van der Waals surface area (Å²) >= 11 is 0. The summed E-state index contributed by atoms with van der Waals surface area (Å²) in [6.07, 6.45) is 1.33. The Hall–Kier alpha value is -1.97. The number of piperidine rings is 1. The SMILES string of the molecule is COCCNC(=O)C(NC(=O)CC(C)C)C1CCN(S(=O)(=O)c2ccc(C)cc2)CC1. The summed E-state index contributed by atoms with van der Waals surface area (Å²) in [5.74, 6) is -0.382. The zero-order valence-electron chi connectivity index (χ0n) is 18.9. The van der Waals surface area contributed by atoms with Gasteiger partial charge in [-0.05, 0) is 43.7 Å². The van der Waals surface area contributed by atoms with Crippen LogP contribution in [0, 0.1) is 18.8 Å². The highest BCUT2D eigenvalue weighted by atomic mass is 32.2. The Balaban J connectivity index is 2.06. The van der Waals surface area contributed by atoms with Crippen molar-refractivity contribution < 1.29 is 22.7 Å². The van der Waals surface area contributed by atoms with E-state index in [0.717, 1.165) is 5.56 Å². The van der Waals surface area contributed by atoms with Crippen LogP contribution in [-0.2, 0) is 24.3 Å². The normalized spacial score (nSPS) is 16.8. The van der Waals surface area contributed by atoms with Crippen molar-refractivity contribution in [2.24, 2.45) is 11.8 Å². The first-order chi connectivity index (χ1) is 14.6. The summed E-state index contributed by atoms with van der Waals surface area (Å²) in [5.41, 5.74) is 0.997. The van der Waals surface area contributed by atoms with Crippen LogP contribution in [0.2, 0.25) is 0 Å². The number of hydrogen-bond donors (Lipinski definition) is 2. The quantitative estimate of drug-likeness (QED) is 0.525. The predicted molar refractivity (Wildman–Crippen MR) is 119 cm³/mol. The Bertz CT molecular complexity index is 831. The van der Waals surface area contributed by atoms with Crippen LogP contribution in [0.15, 0.2) is 29.2 Å². The van der Waals surface area contributed by atoms with Gasteiger partial charge in [0.05, 0.1) is 11.5 Å². The highest BCUT2D eigenvalue weighted by Gasteiger charge is 2.36. The first-order valence-corrected chi connectivity index (χ1v) is 12.2. The number of amides is 2. The Labute approximate surface area is 185 Å². The molecule has 0 saturated carbocycles. The van der Waals surface area contributed by atoms with Crippen molar-refractivity contribution >= 4 is 21.8 Å². The van der Waals surface area contributed by atoms with Crippen molar-refractivity contribution in [3.8, 4) is 0 Å². The molecule has 2 N–H and O–H groups in total. The van der Waals surface area contributed by atoms with E-state index in [1.54, 1.807) is 31.4 Å². The molecular formula is C22H35N3O5S. The number of methoxy groups -OCH3 is 1. The van der Waals surface area contributed by atoms with Crippen molar-refractivity contribution in [2.45, 2.75) is 51.0 Å². The maximum atomic E-state index is 12.9. The zero-order valence-corrected chi connectivity index (χ0v) is 19.7. The lowest BCUT2D eigenvalue weighted by Gasteiger charge is -2.35. The van der Waals surface area contributed by atoms with Gasteiger partial charge in [-0.1, -0.05) is 31.5 Å². The molecule has 0 radical (unpaired) electrons. The zero-order chi connectivity index (χ0) is 23.0. The fourth-order valence-corrected chi connectivity index (χ4v) is 5.17. The number of carbonyl (C=O) groups excluding carboxylic acids is 2. The van der Waals surface area contributed by atoms with Crippen molar-refractivity contribution in [1.82, 2.24) is 14.9 Å². The van der Waals surface area contributed by atoms with Crippen LogP contribution in [-0.4, -0.2) is 63.9 Å². The van der Waals surface area contributed by atoms with Crippen LogP contribution in [0.5, 0.6) is 0 Å². The molecule has 1 heterocycles. The fourth-order valence-electron chi connectivity index (χ4n) is 3.70. The number of sulfonamides is 1. The lowest BCUT2D eigenvalue weighted by Crippen LogP contribution is -2.54. The van der Waals surface area contributed by atoms with E-state index >= 15 is 0 Å². The van der Waals surface area contributed by atoms with Crippen LogP contribution in [0.1, 0.15) is 38.7 Å².